The molecule has 1 aliphatic carbocycles. The van der Waals surface area contributed by atoms with Crippen molar-refractivity contribution < 1.29 is 0 Å². The molecular formula is C13H13Br. The zero-order valence-electron chi connectivity index (χ0n) is 8.26. The first-order valence-corrected chi connectivity index (χ1v) is 5.67. The monoisotopic (exact) mass is 248 g/mol. The van der Waals surface area contributed by atoms with Gasteiger partial charge in [-0.2, -0.15) is 0 Å². The summed E-state index contributed by atoms with van der Waals surface area (Å²) in [7, 11) is 0. The molecule has 0 heterocycles. The van der Waals surface area contributed by atoms with Crippen molar-refractivity contribution in [2.75, 3.05) is 0 Å². The largest absolute Gasteiger partial charge is 0.0730 e. The van der Waals surface area contributed by atoms with Crippen molar-refractivity contribution in [2.45, 2.75) is 19.8 Å². The van der Waals surface area contributed by atoms with Gasteiger partial charge in [-0.3, -0.25) is 0 Å². The van der Waals surface area contributed by atoms with Crippen molar-refractivity contribution in [3.8, 4) is 0 Å². The van der Waals surface area contributed by atoms with Crippen LogP contribution in [0.2, 0.25) is 0 Å². The first-order valence-electron chi connectivity index (χ1n) is 4.88. The summed E-state index contributed by atoms with van der Waals surface area (Å²) in [6.45, 7) is 2.19. The SMILES string of the molecule is CC1=CC=C(c2cccc(Br)c2)CC1. The van der Waals surface area contributed by atoms with Crippen LogP contribution in [0.3, 0.4) is 0 Å². The summed E-state index contributed by atoms with van der Waals surface area (Å²) in [5.74, 6) is 0. The fraction of sp³-hybridized carbons (Fsp3) is 0.231. The van der Waals surface area contributed by atoms with E-state index >= 15 is 0 Å². The van der Waals surface area contributed by atoms with E-state index in [1.807, 2.05) is 0 Å². The summed E-state index contributed by atoms with van der Waals surface area (Å²) in [6, 6.07) is 8.50. The second kappa shape index (κ2) is 4.14. The van der Waals surface area contributed by atoms with Crippen molar-refractivity contribution in [1.29, 1.82) is 0 Å². The third kappa shape index (κ3) is 2.16. The summed E-state index contributed by atoms with van der Waals surface area (Å²) in [5.41, 5.74) is 4.25. The van der Waals surface area contributed by atoms with Crippen LogP contribution in [0.1, 0.15) is 25.3 Å². The van der Waals surface area contributed by atoms with Gasteiger partial charge in [0.1, 0.15) is 0 Å². The minimum Gasteiger partial charge on any atom is -0.0730 e. The number of benzene rings is 1. The van der Waals surface area contributed by atoms with Crippen LogP contribution in [0.25, 0.3) is 5.57 Å². The fourth-order valence-electron chi connectivity index (χ4n) is 1.67. The molecule has 0 unspecified atom stereocenters. The quantitative estimate of drug-likeness (QED) is 0.683. The lowest BCUT2D eigenvalue weighted by Gasteiger charge is -2.12. The van der Waals surface area contributed by atoms with Crippen molar-refractivity contribution in [2.24, 2.45) is 0 Å². The van der Waals surface area contributed by atoms with E-state index in [0.29, 0.717) is 0 Å². The van der Waals surface area contributed by atoms with Crippen LogP contribution in [-0.2, 0) is 0 Å². The molecule has 0 saturated heterocycles. The lowest BCUT2D eigenvalue weighted by Crippen LogP contribution is -1.90. The maximum absolute atomic E-state index is 3.50. The molecule has 72 valence electrons. The first kappa shape index (κ1) is 9.72. The Morgan fingerprint density at radius 2 is 2.00 bits per heavy atom. The lowest BCUT2D eigenvalue weighted by molar-refractivity contribution is 0.977. The maximum Gasteiger partial charge on any atom is 0.0181 e. The first-order chi connectivity index (χ1) is 6.75. The molecular weight excluding hydrogens is 236 g/mol. The molecule has 0 spiro atoms. The molecule has 0 aromatic heterocycles. The van der Waals surface area contributed by atoms with E-state index in [1.165, 1.54) is 29.6 Å². The lowest BCUT2D eigenvalue weighted by atomic mass is 9.94. The van der Waals surface area contributed by atoms with Crippen LogP contribution in [0.4, 0.5) is 0 Å². The molecule has 1 aromatic carbocycles. The van der Waals surface area contributed by atoms with Gasteiger partial charge in [-0.05, 0) is 43.0 Å². The smallest absolute Gasteiger partial charge is 0.0181 e. The Balaban J connectivity index is 2.32. The van der Waals surface area contributed by atoms with Crippen molar-refractivity contribution in [3.63, 3.8) is 0 Å². The standard InChI is InChI=1S/C13H13Br/c1-10-5-7-11(8-6-10)12-3-2-4-13(14)9-12/h2-5,7,9H,6,8H2,1H3. The van der Waals surface area contributed by atoms with Crippen LogP contribution >= 0.6 is 15.9 Å². The Labute approximate surface area is 93.5 Å². The third-order valence-electron chi connectivity index (χ3n) is 2.55. The van der Waals surface area contributed by atoms with E-state index < -0.39 is 0 Å². The minimum atomic E-state index is 1.15. The Hall–Kier alpha value is -0.820. The zero-order valence-corrected chi connectivity index (χ0v) is 9.84. The van der Waals surface area contributed by atoms with E-state index in [2.05, 4.69) is 59.3 Å². The van der Waals surface area contributed by atoms with Crippen molar-refractivity contribution in [1.82, 2.24) is 0 Å². The second-order valence-corrected chi connectivity index (χ2v) is 4.63. The molecule has 1 aliphatic rings. The Morgan fingerprint density at radius 1 is 1.14 bits per heavy atom. The molecule has 0 amide bonds. The molecule has 0 atom stereocenters. The number of halogens is 1. The maximum atomic E-state index is 3.50. The highest BCUT2D eigenvalue weighted by Gasteiger charge is 2.05. The molecule has 14 heavy (non-hydrogen) atoms. The molecule has 0 nitrogen and oxygen atoms in total. The molecule has 0 saturated carbocycles. The van der Waals surface area contributed by atoms with Gasteiger partial charge in [0.2, 0.25) is 0 Å². The van der Waals surface area contributed by atoms with E-state index in [1.54, 1.807) is 0 Å². The van der Waals surface area contributed by atoms with E-state index in [-0.39, 0.29) is 0 Å². The molecule has 0 N–H and O–H groups in total. The van der Waals surface area contributed by atoms with Gasteiger partial charge in [-0.15, -0.1) is 0 Å². The highest BCUT2D eigenvalue weighted by Crippen LogP contribution is 2.27. The van der Waals surface area contributed by atoms with Crippen molar-refractivity contribution in [3.05, 3.63) is 52.0 Å². The van der Waals surface area contributed by atoms with Gasteiger partial charge in [0.05, 0.1) is 0 Å². The highest BCUT2D eigenvalue weighted by molar-refractivity contribution is 9.10. The third-order valence-corrected chi connectivity index (χ3v) is 3.05. The van der Waals surface area contributed by atoms with Gasteiger partial charge in [0.15, 0.2) is 0 Å². The normalized spacial score (nSPS) is 16.1. The summed E-state index contributed by atoms with van der Waals surface area (Å²) < 4.78 is 1.15. The molecule has 0 aliphatic heterocycles. The van der Waals surface area contributed by atoms with Crippen molar-refractivity contribution >= 4 is 21.5 Å². The minimum absolute atomic E-state index is 1.15. The summed E-state index contributed by atoms with van der Waals surface area (Å²) >= 11 is 3.50. The van der Waals surface area contributed by atoms with E-state index in [4.69, 9.17) is 0 Å². The predicted molar refractivity (Wildman–Crippen MR) is 65.1 cm³/mol. The Bertz CT molecular complexity index is 399. The number of allylic oxidation sites excluding steroid dienone is 4. The van der Waals surface area contributed by atoms with Crippen LogP contribution in [0.5, 0.6) is 0 Å². The average Bonchev–Trinajstić information content (AvgIpc) is 2.19. The number of hydrogen-bond acceptors (Lipinski definition) is 0. The van der Waals surface area contributed by atoms with Gasteiger partial charge in [-0.25, -0.2) is 0 Å². The second-order valence-electron chi connectivity index (χ2n) is 3.72. The fourth-order valence-corrected chi connectivity index (χ4v) is 2.07. The van der Waals surface area contributed by atoms with Gasteiger partial charge >= 0.3 is 0 Å². The Kier molecular flexibility index (Phi) is 2.87. The van der Waals surface area contributed by atoms with E-state index in [9.17, 15) is 0 Å². The summed E-state index contributed by atoms with van der Waals surface area (Å²) in [4.78, 5) is 0. The van der Waals surface area contributed by atoms with Crippen LogP contribution in [0, 0.1) is 0 Å². The van der Waals surface area contributed by atoms with Gasteiger partial charge in [0, 0.05) is 4.47 Å². The van der Waals surface area contributed by atoms with Gasteiger partial charge in [0.25, 0.3) is 0 Å². The topological polar surface area (TPSA) is 0 Å². The van der Waals surface area contributed by atoms with Gasteiger partial charge < -0.3 is 0 Å². The van der Waals surface area contributed by atoms with Gasteiger partial charge in [-0.1, -0.05) is 45.8 Å². The number of rotatable bonds is 1. The molecule has 0 radical (unpaired) electrons. The van der Waals surface area contributed by atoms with Crippen LogP contribution < -0.4 is 0 Å². The summed E-state index contributed by atoms with van der Waals surface area (Å²) in [5, 5.41) is 0. The summed E-state index contributed by atoms with van der Waals surface area (Å²) in [6.07, 6.45) is 6.82. The van der Waals surface area contributed by atoms with Crippen LogP contribution in [-0.4, -0.2) is 0 Å². The van der Waals surface area contributed by atoms with Crippen LogP contribution in [0.15, 0.2) is 46.5 Å². The highest BCUT2D eigenvalue weighted by atomic mass is 79.9. The Morgan fingerprint density at radius 3 is 2.64 bits per heavy atom. The molecule has 1 heteroatoms. The molecule has 0 bridgehead atoms. The van der Waals surface area contributed by atoms with E-state index in [0.717, 1.165) is 4.47 Å². The zero-order chi connectivity index (χ0) is 9.97. The predicted octanol–water partition coefficient (Wildman–Crippen LogP) is 4.57. The molecule has 2 rings (SSSR count). The average molecular weight is 249 g/mol. The molecule has 1 aromatic rings. The number of hydrogen-bond donors (Lipinski definition) is 0. The molecule has 0 fully saturated rings.